The Hall–Kier alpha value is -10.2. The third-order valence-corrected chi connectivity index (χ3v) is 15.0. The number of rotatable bonds is 12. The summed E-state index contributed by atoms with van der Waals surface area (Å²) in [6.45, 7) is 6.36. The highest BCUT2D eigenvalue weighted by atomic mass is 16.5. The average Bonchev–Trinajstić information content (AvgIpc) is 4.26. The monoisotopic (exact) mass is 1000 g/mol. The molecule has 0 atom stereocenters. The van der Waals surface area contributed by atoms with Crippen molar-refractivity contribution in [2.24, 2.45) is 0 Å². The van der Waals surface area contributed by atoms with E-state index < -0.39 is 0 Å². The van der Waals surface area contributed by atoms with Crippen molar-refractivity contribution in [2.45, 2.75) is 6.92 Å². The lowest BCUT2D eigenvalue weighted by atomic mass is 9.34. The number of aryl methyl sites for hydroxylation is 1. The van der Waals surface area contributed by atoms with Crippen LogP contribution in [0.1, 0.15) is 11.1 Å². The first kappa shape index (κ1) is 46.3. The van der Waals surface area contributed by atoms with E-state index in [4.69, 9.17) is 13.6 Å². The molecule has 78 heavy (non-hydrogen) atoms. The maximum atomic E-state index is 6.47. The van der Waals surface area contributed by atoms with Gasteiger partial charge in [-0.05, 0) is 132 Å². The molecule has 6 nitrogen and oxygen atoms in total. The Morgan fingerprint density at radius 3 is 1.87 bits per heavy atom. The van der Waals surface area contributed by atoms with E-state index in [2.05, 4.69) is 229 Å². The van der Waals surface area contributed by atoms with Crippen molar-refractivity contribution in [1.29, 1.82) is 0 Å². The molecule has 0 fully saturated rings. The minimum atomic E-state index is -0.197. The van der Waals surface area contributed by atoms with Crippen LogP contribution in [-0.4, -0.2) is 6.71 Å². The lowest BCUT2D eigenvalue weighted by Gasteiger charge is -2.40. The summed E-state index contributed by atoms with van der Waals surface area (Å²) in [7, 11) is 0. The third kappa shape index (κ3) is 8.44. The molecule has 2 aromatic heterocycles. The Bertz CT molecular complexity index is 4320. The zero-order valence-corrected chi connectivity index (χ0v) is 42.8. The van der Waals surface area contributed by atoms with Gasteiger partial charge in [-0.2, -0.15) is 0 Å². The van der Waals surface area contributed by atoms with Crippen molar-refractivity contribution in [3.63, 3.8) is 0 Å². The van der Waals surface area contributed by atoms with Crippen molar-refractivity contribution >= 4 is 107 Å². The molecule has 1 N–H and O–H groups in total. The molecule has 0 saturated carbocycles. The molecule has 14 rings (SSSR count). The highest BCUT2D eigenvalue weighted by Gasteiger charge is 2.39. The molecule has 3 heterocycles. The standard InChI is InChI=1S/C71H50BN3O3/c1-47-18-6-12-29-63(47)75-65-30-13-11-28-61(65)72(55-38-34-51(35-39-55)69-43-53-20-8-14-32-67(53)77-69)71-62(73-56-24-16-23-52(42-56)70-44-54-21-9-15-33-68(54)78-70)45-58(46-66(71)75)74(64-31-17-22-50-19-7-10-27-60(50)64)57-40-36-49(37-41-57)48(2)76-59-25-4-3-5-26-59/h3-46,73H,2H2,1H3. The van der Waals surface area contributed by atoms with Crippen molar-refractivity contribution < 1.29 is 13.6 Å². The number of hydrogen-bond acceptors (Lipinski definition) is 6. The first-order chi connectivity index (χ1) is 38.5. The molecule has 0 radical (unpaired) electrons. The van der Waals surface area contributed by atoms with Crippen LogP contribution in [0.4, 0.5) is 45.5 Å². The number of furan rings is 2. The van der Waals surface area contributed by atoms with Gasteiger partial charge in [0.1, 0.15) is 34.2 Å². The molecule has 0 unspecified atom stereocenters. The Labute approximate surface area is 453 Å². The fraction of sp³-hybridized carbons (Fsp3) is 0.0141. The van der Waals surface area contributed by atoms with E-state index >= 15 is 0 Å². The van der Waals surface area contributed by atoms with Gasteiger partial charge in [-0.3, -0.25) is 0 Å². The zero-order valence-electron chi connectivity index (χ0n) is 42.8. The Morgan fingerprint density at radius 2 is 1.13 bits per heavy atom. The van der Waals surface area contributed by atoms with Crippen LogP contribution in [0.25, 0.3) is 61.1 Å². The van der Waals surface area contributed by atoms with Gasteiger partial charge in [0, 0.05) is 67.0 Å². The maximum Gasteiger partial charge on any atom is 0.249 e. The normalized spacial score (nSPS) is 11.9. The van der Waals surface area contributed by atoms with E-state index in [9.17, 15) is 0 Å². The predicted octanol–water partition coefficient (Wildman–Crippen LogP) is 17.5. The van der Waals surface area contributed by atoms with Crippen molar-refractivity contribution in [2.75, 3.05) is 15.1 Å². The average molecular weight is 1000 g/mol. The summed E-state index contributed by atoms with van der Waals surface area (Å²) in [4.78, 5) is 4.85. The molecule has 7 heteroatoms. The Morgan fingerprint density at radius 1 is 0.500 bits per heavy atom. The van der Waals surface area contributed by atoms with Crippen LogP contribution < -0.4 is 36.2 Å². The topological polar surface area (TPSA) is 54.0 Å². The van der Waals surface area contributed by atoms with Crippen LogP contribution in [0.15, 0.2) is 282 Å². The number of ether oxygens (including phenoxy) is 1. The van der Waals surface area contributed by atoms with E-state index in [0.29, 0.717) is 5.76 Å². The van der Waals surface area contributed by atoms with Crippen LogP contribution in [0.2, 0.25) is 0 Å². The first-order valence-electron chi connectivity index (χ1n) is 26.4. The van der Waals surface area contributed by atoms with Crippen LogP contribution in [0, 0.1) is 6.92 Å². The maximum absolute atomic E-state index is 6.47. The smallest absolute Gasteiger partial charge is 0.249 e. The van der Waals surface area contributed by atoms with E-state index in [-0.39, 0.29) is 6.71 Å². The van der Waals surface area contributed by atoms with Gasteiger partial charge in [-0.25, -0.2) is 0 Å². The van der Waals surface area contributed by atoms with Gasteiger partial charge in [0.05, 0.1) is 11.4 Å². The Balaban J connectivity index is 1.00. The van der Waals surface area contributed by atoms with E-state index in [0.717, 1.165) is 129 Å². The first-order valence-corrected chi connectivity index (χ1v) is 26.4. The van der Waals surface area contributed by atoms with Crippen molar-refractivity contribution in [3.8, 4) is 28.4 Å². The summed E-state index contributed by atoms with van der Waals surface area (Å²) in [5, 5.41) is 8.49. The second-order valence-electron chi connectivity index (χ2n) is 19.9. The van der Waals surface area contributed by atoms with Gasteiger partial charge in [0.2, 0.25) is 6.71 Å². The molecule has 370 valence electrons. The number of anilines is 8. The number of benzene rings is 11. The van der Waals surface area contributed by atoms with Crippen LogP contribution in [0.3, 0.4) is 0 Å². The van der Waals surface area contributed by atoms with Gasteiger partial charge in [-0.15, -0.1) is 0 Å². The van der Waals surface area contributed by atoms with E-state index in [1.165, 1.54) is 5.46 Å². The Kier molecular flexibility index (Phi) is 11.6. The van der Waals surface area contributed by atoms with Gasteiger partial charge >= 0.3 is 0 Å². The molecule has 1 aliphatic heterocycles. The molecule has 0 amide bonds. The second-order valence-corrected chi connectivity index (χ2v) is 19.9. The molecule has 11 aromatic carbocycles. The summed E-state index contributed by atoms with van der Waals surface area (Å²) in [5.74, 6) is 2.95. The molecule has 0 bridgehead atoms. The number of nitrogens with one attached hydrogen (secondary N) is 1. The molecule has 0 aliphatic carbocycles. The van der Waals surface area contributed by atoms with Gasteiger partial charge in [-0.1, -0.05) is 176 Å². The fourth-order valence-electron chi connectivity index (χ4n) is 11.3. The van der Waals surface area contributed by atoms with Gasteiger partial charge in [0.15, 0.2) is 0 Å². The molecule has 0 spiro atoms. The number of para-hydroxylation sites is 5. The lowest BCUT2D eigenvalue weighted by Crippen LogP contribution is -2.57. The van der Waals surface area contributed by atoms with Crippen LogP contribution >= 0.6 is 0 Å². The summed E-state index contributed by atoms with van der Waals surface area (Å²) >= 11 is 0. The van der Waals surface area contributed by atoms with Gasteiger partial charge < -0.3 is 28.7 Å². The predicted molar refractivity (Wildman–Crippen MR) is 325 cm³/mol. The molecular formula is C71H50BN3O3. The summed E-state index contributed by atoms with van der Waals surface area (Å²) < 4.78 is 19.1. The highest BCUT2D eigenvalue weighted by Crippen LogP contribution is 2.46. The number of fused-ring (bicyclic) bond motifs is 5. The molecular weight excluding hydrogens is 954 g/mol. The van der Waals surface area contributed by atoms with E-state index in [1.807, 2.05) is 66.7 Å². The van der Waals surface area contributed by atoms with Crippen molar-refractivity contribution in [3.05, 3.63) is 285 Å². The minimum absolute atomic E-state index is 0.197. The minimum Gasteiger partial charge on any atom is -0.457 e. The van der Waals surface area contributed by atoms with Crippen LogP contribution in [0.5, 0.6) is 5.75 Å². The molecule has 13 aromatic rings. The summed E-state index contributed by atoms with van der Waals surface area (Å²) in [6, 6.07) is 93.9. The van der Waals surface area contributed by atoms with Crippen LogP contribution in [-0.2, 0) is 0 Å². The fourth-order valence-corrected chi connectivity index (χ4v) is 11.3. The largest absolute Gasteiger partial charge is 0.457 e. The summed E-state index contributed by atoms with van der Waals surface area (Å²) in [6.07, 6.45) is 0. The SMILES string of the molecule is C=C(Oc1ccccc1)c1ccc(N(c2cc(Nc3cccc(-c4cc5ccccc5o4)c3)c3c(c2)N(c2ccccc2C)c2ccccc2B3c2ccc(-c3cc4ccccc4o3)cc2)c2cccc3ccccc23)cc1. The highest BCUT2D eigenvalue weighted by molar-refractivity contribution is 6.99. The summed E-state index contributed by atoms with van der Waals surface area (Å²) in [5.41, 5.74) is 17.3. The lowest BCUT2D eigenvalue weighted by molar-refractivity contribution is 0.517. The van der Waals surface area contributed by atoms with E-state index in [1.54, 1.807) is 0 Å². The zero-order chi connectivity index (χ0) is 52.1. The second kappa shape index (κ2) is 19.5. The quantitative estimate of drug-likeness (QED) is 0.0972. The molecule has 0 saturated heterocycles. The van der Waals surface area contributed by atoms with Crippen molar-refractivity contribution in [1.82, 2.24) is 0 Å². The number of hydrogen-bond donors (Lipinski definition) is 1. The van der Waals surface area contributed by atoms with Gasteiger partial charge in [0.25, 0.3) is 0 Å². The third-order valence-electron chi connectivity index (χ3n) is 15.0. The number of nitrogens with zero attached hydrogens (tertiary/aromatic N) is 2. The molecule has 1 aliphatic rings.